The van der Waals surface area contributed by atoms with Gasteiger partial charge in [-0.1, -0.05) is 55.3 Å². The van der Waals surface area contributed by atoms with Gasteiger partial charge in [0.05, 0.1) is 33.2 Å². The minimum atomic E-state index is -0.623. The number of esters is 1. The van der Waals surface area contributed by atoms with Crippen molar-refractivity contribution in [1.82, 2.24) is 4.90 Å². The molecular weight excluding hydrogens is 672 g/mol. The van der Waals surface area contributed by atoms with Crippen molar-refractivity contribution in [3.63, 3.8) is 0 Å². The minimum Gasteiger partial charge on any atom is -0.490 e. The van der Waals surface area contributed by atoms with Gasteiger partial charge in [-0.05, 0) is 88.6 Å². The molecule has 44 heavy (non-hydrogen) atoms. The van der Waals surface area contributed by atoms with Crippen molar-refractivity contribution in [2.75, 3.05) is 25.1 Å². The van der Waals surface area contributed by atoms with Gasteiger partial charge in [0.1, 0.15) is 13.2 Å². The normalized spacial score (nSPS) is 13.7. The zero-order valence-electron chi connectivity index (χ0n) is 24.1. The Kier molecular flexibility index (Phi) is 11.9. The number of hydrogen-bond donors (Lipinski definition) is 1. The van der Waals surface area contributed by atoms with Crippen molar-refractivity contribution in [2.45, 2.75) is 33.3 Å². The average Bonchev–Trinajstić information content (AvgIpc) is 3.25. The van der Waals surface area contributed by atoms with Crippen LogP contribution < -0.4 is 14.8 Å². The van der Waals surface area contributed by atoms with Gasteiger partial charge in [-0.2, -0.15) is 0 Å². The number of unbranched alkanes of at least 4 members (excludes halogenated alkanes) is 1. The third-order valence-corrected chi connectivity index (χ3v) is 8.06. The molecule has 0 bridgehead atoms. The second kappa shape index (κ2) is 15.8. The van der Waals surface area contributed by atoms with Crippen LogP contribution in [0, 0.1) is 0 Å². The van der Waals surface area contributed by atoms with E-state index in [4.69, 9.17) is 25.8 Å². The van der Waals surface area contributed by atoms with Gasteiger partial charge in [0.2, 0.25) is 5.91 Å². The second-order valence-electron chi connectivity index (χ2n) is 9.54. The highest BCUT2D eigenvalue weighted by Crippen LogP contribution is 2.39. The predicted octanol–water partition coefficient (Wildman–Crippen LogP) is 7.71. The van der Waals surface area contributed by atoms with E-state index in [9.17, 15) is 19.2 Å². The number of hydrogen-bond acceptors (Lipinski definition) is 8. The van der Waals surface area contributed by atoms with E-state index in [-0.39, 0.29) is 27.8 Å². The van der Waals surface area contributed by atoms with E-state index in [1.54, 1.807) is 18.2 Å². The van der Waals surface area contributed by atoms with Crippen LogP contribution in [-0.4, -0.2) is 47.7 Å². The number of nitrogens with zero attached hydrogens (tertiary/aromatic N) is 1. The Hall–Kier alpha value is -3.80. The van der Waals surface area contributed by atoms with Crippen LogP contribution in [0.15, 0.2) is 70.0 Å². The largest absolute Gasteiger partial charge is 0.490 e. The molecule has 230 valence electrons. The fraction of sp³-hybridized carbons (Fsp3) is 0.250. The smallest absolute Gasteiger partial charge is 0.339 e. The number of anilines is 1. The monoisotopic (exact) mass is 700 g/mol. The van der Waals surface area contributed by atoms with Crippen LogP contribution >= 0.6 is 39.3 Å². The Bertz CT molecular complexity index is 1580. The highest BCUT2D eigenvalue weighted by atomic mass is 79.9. The fourth-order valence-electron chi connectivity index (χ4n) is 4.08. The van der Waals surface area contributed by atoms with Crippen LogP contribution in [-0.2, 0) is 20.9 Å². The topological polar surface area (TPSA) is 111 Å². The third kappa shape index (κ3) is 8.64. The van der Waals surface area contributed by atoms with Crippen LogP contribution in [0.3, 0.4) is 0 Å². The summed E-state index contributed by atoms with van der Waals surface area (Å²) in [5.41, 5.74) is 1.96. The average molecular weight is 702 g/mol. The SMILES string of the molecule is CCCCOC(=O)c1cc(NC(=O)CN2C(=O)S/C(=C/c3cc(Br)c(OCc4ccccc4)c(OCC)c3)C2=O)ccc1Cl. The lowest BCUT2D eigenvalue weighted by molar-refractivity contribution is -0.127. The van der Waals surface area contributed by atoms with E-state index in [2.05, 4.69) is 21.2 Å². The third-order valence-electron chi connectivity index (χ3n) is 6.23. The number of rotatable bonds is 13. The highest BCUT2D eigenvalue weighted by molar-refractivity contribution is 9.10. The van der Waals surface area contributed by atoms with Crippen molar-refractivity contribution < 1.29 is 33.4 Å². The molecule has 4 rings (SSSR count). The first-order valence-electron chi connectivity index (χ1n) is 13.8. The predicted molar refractivity (Wildman–Crippen MR) is 174 cm³/mol. The number of amides is 3. The summed E-state index contributed by atoms with van der Waals surface area (Å²) in [6.07, 6.45) is 3.14. The number of carbonyl (C=O) groups excluding carboxylic acids is 4. The first-order valence-corrected chi connectivity index (χ1v) is 15.8. The van der Waals surface area contributed by atoms with Gasteiger partial charge < -0.3 is 19.5 Å². The van der Waals surface area contributed by atoms with Gasteiger partial charge in [0.25, 0.3) is 11.1 Å². The fourth-order valence-corrected chi connectivity index (χ4v) is 5.69. The zero-order chi connectivity index (χ0) is 31.6. The summed E-state index contributed by atoms with van der Waals surface area (Å²) in [6.45, 7) is 4.29. The maximum absolute atomic E-state index is 13.1. The summed E-state index contributed by atoms with van der Waals surface area (Å²) in [4.78, 5) is 52.0. The van der Waals surface area contributed by atoms with E-state index in [0.717, 1.165) is 28.6 Å². The molecule has 0 aromatic heterocycles. The van der Waals surface area contributed by atoms with Gasteiger partial charge in [0.15, 0.2) is 11.5 Å². The molecule has 9 nitrogen and oxygen atoms in total. The lowest BCUT2D eigenvalue weighted by Gasteiger charge is -2.15. The Morgan fingerprint density at radius 3 is 2.55 bits per heavy atom. The molecular formula is C32H30BrClN2O7S. The van der Waals surface area contributed by atoms with E-state index >= 15 is 0 Å². The Balaban J connectivity index is 1.44. The molecule has 0 saturated carbocycles. The Labute approximate surface area is 273 Å². The molecule has 3 aromatic rings. The molecule has 1 aliphatic heterocycles. The molecule has 0 spiro atoms. The van der Waals surface area contributed by atoms with Crippen LogP contribution in [0.2, 0.25) is 5.02 Å². The molecule has 1 heterocycles. The molecule has 1 fully saturated rings. The number of benzene rings is 3. The maximum Gasteiger partial charge on any atom is 0.339 e. The molecule has 1 saturated heterocycles. The van der Waals surface area contributed by atoms with Crippen molar-refractivity contribution in [3.05, 3.63) is 91.8 Å². The van der Waals surface area contributed by atoms with E-state index in [1.807, 2.05) is 44.2 Å². The van der Waals surface area contributed by atoms with Crippen molar-refractivity contribution in [2.24, 2.45) is 0 Å². The van der Waals surface area contributed by atoms with Crippen molar-refractivity contribution in [1.29, 1.82) is 0 Å². The lowest BCUT2D eigenvalue weighted by Crippen LogP contribution is -2.36. The Morgan fingerprint density at radius 1 is 1.05 bits per heavy atom. The van der Waals surface area contributed by atoms with Crippen LogP contribution in [0.25, 0.3) is 6.08 Å². The lowest BCUT2D eigenvalue weighted by atomic mass is 10.1. The van der Waals surface area contributed by atoms with Crippen LogP contribution in [0.4, 0.5) is 10.5 Å². The molecule has 3 amide bonds. The summed E-state index contributed by atoms with van der Waals surface area (Å²) < 4.78 is 17.6. The number of thioether (sulfide) groups is 1. The minimum absolute atomic E-state index is 0.101. The van der Waals surface area contributed by atoms with Gasteiger partial charge in [-0.15, -0.1) is 0 Å². The highest BCUT2D eigenvalue weighted by Gasteiger charge is 2.36. The first kappa shape index (κ1) is 33.1. The van der Waals surface area contributed by atoms with Crippen molar-refractivity contribution in [3.8, 4) is 11.5 Å². The maximum atomic E-state index is 13.1. The molecule has 0 radical (unpaired) electrons. The summed E-state index contributed by atoms with van der Waals surface area (Å²) in [6, 6.07) is 17.5. The van der Waals surface area contributed by atoms with Gasteiger partial charge in [-0.25, -0.2) is 4.79 Å². The molecule has 1 aliphatic rings. The summed E-state index contributed by atoms with van der Waals surface area (Å²) in [5.74, 6) is -0.852. The van der Waals surface area contributed by atoms with Crippen LogP contribution in [0.1, 0.15) is 48.2 Å². The molecule has 3 aromatic carbocycles. The second-order valence-corrected chi connectivity index (χ2v) is 11.8. The van der Waals surface area contributed by atoms with E-state index < -0.39 is 29.6 Å². The van der Waals surface area contributed by atoms with E-state index in [0.29, 0.717) is 41.2 Å². The molecule has 12 heteroatoms. The summed E-state index contributed by atoms with van der Waals surface area (Å²) in [5, 5.41) is 2.20. The molecule has 0 atom stereocenters. The molecule has 1 N–H and O–H groups in total. The quantitative estimate of drug-likeness (QED) is 0.110. The zero-order valence-corrected chi connectivity index (χ0v) is 27.2. The molecule has 0 unspecified atom stereocenters. The summed E-state index contributed by atoms with van der Waals surface area (Å²) >= 11 is 10.4. The number of carbonyl (C=O) groups is 4. The number of nitrogens with one attached hydrogen (secondary N) is 1. The Morgan fingerprint density at radius 2 is 1.82 bits per heavy atom. The number of ether oxygens (including phenoxy) is 3. The number of halogens is 2. The first-order chi connectivity index (χ1) is 21.2. The summed E-state index contributed by atoms with van der Waals surface area (Å²) in [7, 11) is 0. The van der Waals surface area contributed by atoms with Gasteiger partial charge in [0, 0.05) is 5.69 Å². The number of imide groups is 1. The molecule has 0 aliphatic carbocycles. The van der Waals surface area contributed by atoms with Crippen LogP contribution in [0.5, 0.6) is 11.5 Å². The standard InChI is InChI=1S/C32H30BrClN2O7S/c1-3-5-13-42-31(39)23-17-22(11-12-25(23)34)35-28(37)18-36-30(38)27(44-32(36)40)16-21-14-24(33)29(26(15-21)41-4-2)43-19-20-9-7-6-8-10-20/h6-12,14-17H,3-5,13,18-19H2,1-2H3,(H,35,37)/b27-16+. The van der Waals surface area contributed by atoms with E-state index in [1.165, 1.54) is 18.2 Å². The van der Waals surface area contributed by atoms with Gasteiger partial charge >= 0.3 is 5.97 Å². The van der Waals surface area contributed by atoms with Crippen molar-refractivity contribution >= 4 is 74.1 Å². The van der Waals surface area contributed by atoms with Gasteiger partial charge in [-0.3, -0.25) is 19.3 Å².